The highest BCUT2D eigenvalue weighted by Crippen LogP contribution is 2.34. The van der Waals surface area contributed by atoms with Crippen LogP contribution in [0.1, 0.15) is 22.8 Å². The number of amides is 2. The van der Waals surface area contributed by atoms with Crippen molar-refractivity contribution in [2.45, 2.75) is 6.92 Å². The first-order valence-electron chi connectivity index (χ1n) is 10.2. The summed E-state index contributed by atoms with van der Waals surface area (Å²) in [7, 11) is 1.55. The number of benzene rings is 2. The van der Waals surface area contributed by atoms with Gasteiger partial charge in [0, 0.05) is 20.2 Å². The molecule has 0 radical (unpaired) electrons. The van der Waals surface area contributed by atoms with E-state index >= 15 is 0 Å². The van der Waals surface area contributed by atoms with E-state index in [0.717, 1.165) is 11.1 Å². The van der Waals surface area contributed by atoms with Gasteiger partial charge in [-0.05, 0) is 35.9 Å². The van der Waals surface area contributed by atoms with Gasteiger partial charge in [-0.15, -0.1) is 0 Å². The highest BCUT2D eigenvalue weighted by Gasteiger charge is 2.39. The molecule has 10 heteroatoms. The summed E-state index contributed by atoms with van der Waals surface area (Å²) < 4.78 is 15.9. The summed E-state index contributed by atoms with van der Waals surface area (Å²) in [6.07, 6.45) is 2.64. The summed E-state index contributed by atoms with van der Waals surface area (Å²) >= 11 is 0. The lowest BCUT2D eigenvalue weighted by Gasteiger charge is -2.19. The molecule has 0 aromatic heterocycles. The molecule has 3 heterocycles. The second-order valence-electron chi connectivity index (χ2n) is 7.56. The monoisotopic (exact) mass is 459 g/mol. The molecule has 2 amide bonds. The van der Waals surface area contributed by atoms with Gasteiger partial charge >= 0.3 is 5.97 Å². The first-order chi connectivity index (χ1) is 16.3. The van der Waals surface area contributed by atoms with Crippen LogP contribution < -0.4 is 14.2 Å². The van der Waals surface area contributed by atoms with E-state index in [2.05, 4.69) is 4.99 Å². The van der Waals surface area contributed by atoms with Crippen LogP contribution in [0.2, 0.25) is 0 Å². The fourth-order valence-corrected chi connectivity index (χ4v) is 3.71. The van der Waals surface area contributed by atoms with Gasteiger partial charge in [0.1, 0.15) is 17.0 Å². The van der Waals surface area contributed by atoms with Crippen LogP contribution in [0.25, 0.3) is 6.08 Å². The zero-order valence-electron chi connectivity index (χ0n) is 18.1. The molecule has 1 saturated heterocycles. The Balaban J connectivity index is 1.56. The van der Waals surface area contributed by atoms with Crippen LogP contribution in [-0.4, -0.2) is 53.2 Å². The van der Waals surface area contributed by atoms with Crippen LogP contribution in [0.3, 0.4) is 0 Å². The van der Waals surface area contributed by atoms with Crippen molar-refractivity contribution in [2.24, 2.45) is 4.99 Å². The number of carbonyl (C=O) groups excluding carboxylic acids is 4. The molecule has 0 saturated carbocycles. The van der Waals surface area contributed by atoms with Crippen LogP contribution in [0.4, 0.5) is 0 Å². The molecule has 0 N–H and O–H groups in total. The van der Waals surface area contributed by atoms with Crippen molar-refractivity contribution in [2.75, 3.05) is 13.8 Å². The van der Waals surface area contributed by atoms with Gasteiger partial charge in [-0.2, -0.15) is 4.99 Å². The topological polar surface area (TPSA) is 115 Å². The third-order valence-electron chi connectivity index (χ3n) is 5.33. The molecule has 0 spiro atoms. The molecule has 3 aliphatic rings. The van der Waals surface area contributed by atoms with Gasteiger partial charge in [0.2, 0.25) is 24.4 Å². The average molecular weight is 459 g/mol. The van der Waals surface area contributed by atoms with Crippen molar-refractivity contribution in [1.82, 2.24) is 9.80 Å². The van der Waals surface area contributed by atoms with E-state index in [1.54, 1.807) is 43.5 Å². The zero-order valence-corrected chi connectivity index (χ0v) is 18.1. The molecule has 1 fully saturated rings. The fourth-order valence-electron chi connectivity index (χ4n) is 3.71. The predicted molar refractivity (Wildman–Crippen MR) is 118 cm³/mol. The van der Waals surface area contributed by atoms with Gasteiger partial charge in [0.25, 0.3) is 5.91 Å². The standard InChI is InChI=1S/C24H17N3O7/c1-13(28)25-24-26(2)17(9-14-7-8-19-20(10-14)33-12-32-19)22(30)27(24)11-16-21(29)15-5-3-4-6-18(15)34-23(16)31/h3-11H,12H2,1-2H3/b16-11+,17-9+,25-24?. The molecule has 0 unspecified atom stereocenters. The molecule has 34 heavy (non-hydrogen) atoms. The molecule has 0 aliphatic carbocycles. The van der Waals surface area contributed by atoms with Gasteiger partial charge in [0.15, 0.2) is 11.5 Å². The Hall–Kier alpha value is -4.73. The Morgan fingerprint density at radius 1 is 1.03 bits per heavy atom. The van der Waals surface area contributed by atoms with Crippen LogP contribution in [-0.2, 0) is 14.4 Å². The minimum Gasteiger partial charge on any atom is -0.454 e. The molecule has 3 aliphatic heterocycles. The number of likely N-dealkylation sites (N-methyl/N-ethyl adjacent to an activating group) is 1. The maximum Gasteiger partial charge on any atom is 0.349 e. The lowest BCUT2D eigenvalue weighted by Crippen LogP contribution is -2.33. The number of ether oxygens (including phenoxy) is 3. The molecular weight excluding hydrogens is 442 g/mol. The number of nitrogens with zero attached hydrogens (tertiary/aromatic N) is 3. The second kappa shape index (κ2) is 8.00. The molecule has 170 valence electrons. The van der Waals surface area contributed by atoms with Crippen molar-refractivity contribution in [3.63, 3.8) is 0 Å². The number of ketones is 1. The van der Waals surface area contributed by atoms with Gasteiger partial charge < -0.3 is 19.1 Å². The summed E-state index contributed by atoms with van der Waals surface area (Å²) in [6.45, 7) is 1.34. The Kier molecular flexibility index (Phi) is 4.97. The maximum atomic E-state index is 13.3. The predicted octanol–water partition coefficient (Wildman–Crippen LogP) is 2.12. The summed E-state index contributed by atoms with van der Waals surface area (Å²) in [5.74, 6) is -1.46. The smallest absolute Gasteiger partial charge is 0.349 e. The zero-order chi connectivity index (χ0) is 24.0. The lowest BCUT2D eigenvalue weighted by atomic mass is 10.0. The van der Waals surface area contributed by atoms with E-state index in [-0.39, 0.29) is 35.3 Å². The third kappa shape index (κ3) is 3.51. The maximum absolute atomic E-state index is 13.3. The van der Waals surface area contributed by atoms with E-state index < -0.39 is 23.6 Å². The normalized spacial score (nSPS) is 20.4. The summed E-state index contributed by atoms with van der Waals surface area (Å²) in [6, 6.07) is 11.5. The summed E-state index contributed by atoms with van der Waals surface area (Å²) in [4.78, 5) is 56.9. The molecule has 10 nitrogen and oxygen atoms in total. The van der Waals surface area contributed by atoms with Gasteiger partial charge in [-0.3, -0.25) is 19.3 Å². The first-order valence-corrected chi connectivity index (χ1v) is 10.2. The minimum atomic E-state index is -0.908. The molecule has 0 atom stereocenters. The quantitative estimate of drug-likeness (QED) is 0.290. The number of rotatable bonds is 2. The van der Waals surface area contributed by atoms with Crippen molar-refractivity contribution < 1.29 is 33.4 Å². The first kappa shape index (κ1) is 21.1. The Morgan fingerprint density at radius 3 is 2.59 bits per heavy atom. The summed E-state index contributed by atoms with van der Waals surface area (Å²) in [5, 5.41) is 0. The second-order valence-corrected chi connectivity index (χ2v) is 7.56. The number of fused-ring (bicyclic) bond motifs is 2. The fraction of sp³-hybridized carbons (Fsp3) is 0.125. The summed E-state index contributed by atoms with van der Waals surface area (Å²) in [5.41, 5.74) is 0.626. The largest absolute Gasteiger partial charge is 0.454 e. The number of Topliss-reactive ketones (excluding diaryl/α,β-unsaturated/α-hetero) is 1. The van der Waals surface area contributed by atoms with Crippen LogP contribution in [0.5, 0.6) is 17.2 Å². The van der Waals surface area contributed by atoms with Gasteiger partial charge in [-0.25, -0.2) is 4.79 Å². The Bertz CT molecular complexity index is 1370. The van der Waals surface area contributed by atoms with Crippen LogP contribution in [0, 0.1) is 0 Å². The molecular formula is C24H17N3O7. The third-order valence-corrected chi connectivity index (χ3v) is 5.33. The number of carbonyl (C=O) groups is 4. The Morgan fingerprint density at radius 2 is 1.79 bits per heavy atom. The van der Waals surface area contributed by atoms with Gasteiger partial charge in [0.05, 0.1) is 5.56 Å². The van der Waals surface area contributed by atoms with Crippen molar-refractivity contribution in [3.05, 3.63) is 71.1 Å². The number of hydrogen-bond acceptors (Lipinski definition) is 7. The van der Waals surface area contributed by atoms with E-state index in [9.17, 15) is 19.2 Å². The van der Waals surface area contributed by atoms with Crippen molar-refractivity contribution in [3.8, 4) is 17.2 Å². The van der Waals surface area contributed by atoms with E-state index in [1.807, 2.05) is 0 Å². The lowest BCUT2D eigenvalue weighted by molar-refractivity contribution is -0.130. The van der Waals surface area contributed by atoms with Crippen molar-refractivity contribution in [1.29, 1.82) is 0 Å². The average Bonchev–Trinajstić information content (AvgIpc) is 3.35. The molecule has 2 aromatic rings. The van der Waals surface area contributed by atoms with E-state index in [0.29, 0.717) is 17.1 Å². The minimum absolute atomic E-state index is 0.0588. The highest BCUT2D eigenvalue weighted by molar-refractivity contribution is 6.28. The molecule has 0 bridgehead atoms. The number of guanidine groups is 1. The highest BCUT2D eigenvalue weighted by atomic mass is 16.7. The van der Waals surface area contributed by atoms with Gasteiger partial charge in [-0.1, -0.05) is 18.2 Å². The number of aliphatic imine (C=N–C) groups is 1. The Labute approximate surface area is 193 Å². The number of hydrogen-bond donors (Lipinski definition) is 0. The van der Waals surface area contributed by atoms with Crippen molar-refractivity contribution >= 4 is 35.6 Å². The van der Waals surface area contributed by atoms with Crippen LogP contribution in [0.15, 0.2) is 64.9 Å². The SMILES string of the molecule is CC(=O)N=C1N(/C=C2/C(=O)Oc3ccccc3C2=O)C(=O)/C(=C\c2ccc3c(c2)OCO3)N1C. The number of para-hydroxylation sites is 1. The van der Waals surface area contributed by atoms with E-state index in [1.165, 1.54) is 24.0 Å². The van der Waals surface area contributed by atoms with Crippen LogP contribution >= 0.6 is 0 Å². The molecule has 2 aromatic carbocycles. The van der Waals surface area contributed by atoms with E-state index in [4.69, 9.17) is 14.2 Å². The number of esters is 1. The molecule has 5 rings (SSSR count).